The summed E-state index contributed by atoms with van der Waals surface area (Å²) in [4.78, 5) is 22.7. The Labute approximate surface area is 261 Å². The number of rotatable bonds is 23. The fourth-order valence-corrected chi connectivity index (χ4v) is 8.63. The summed E-state index contributed by atoms with van der Waals surface area (Å²) in [5.41, 5.74) is 2.17. The first-order chi connectivity index (χ1) is 19.9. The van der Waals surface area contributed by atoms with Crippen molar-refractivity contribution in [3.63, 3.8) is 0 Å². The first-order valence-corrected chi connectivity index (χ1v) is 20.2. The van der Waals surface area contributed by atoms with Crippen molar-refractivity contribution in [1.29, 1.82) is 0 Å². The minimum absolute atomic E-state index is 0.0674. The van der Waals surface area contributed by atoms with Gasteiger partial charge in [-0.15, -0.1) is 0 Å². The van der Waals surface area contributed by atoms with E-state index in [4.69, 9.17) is 0 Å². The minimum atomic E-state index is -1.10. The van der Waals surface area contributed by atoms with Gasteiger partial charge in [0.25, 0.3) is 0 Å². The normalized spacial score (nSPS) is 10.9. The average Bonchev–Trinajstić information content (AvgIpc) is 2.97. The van der Waals surface area contributed by atoms with Crippen LogP contribution in [-0.2, 0) is 18.5 Å². The molecule has 0 N–H and O–H groups in total. The van der Waals surface area contributed by atoms with E-state index >= 15 is 0 Å². The number of carbonyl (C=O) groups is 2. The van der Waals surface area contributed by atoms with E-state index in [2.05, 4.69) is 74.5 Å². The van der Waals surface area contributed by atoms with Crippen molar-refractivity contribution >= 4 is 33.1 Å². The van der Waals surface area contributed by atoms with Crippen molar-refractivity contribution in [3.05, 3.63) is 71.8 Å². The fraction of sp³-hybridized carbons (Fsp3) is 0.611. The molecule has 0 aliphatic heterocycles. The van der Waals surface area contributed by atoms with E-state index in [9.17, 15) is 19.8 Å². The molecule has 2 aromatic carbocycles. The van der Waals surface area contributed by atoms with Gasteiger partial charge >= 0.3 is 102 Å². The van der Waals surface area contributed by atoms with Gasteiger partial charge in [-0.2, -0.15) is 0 Å². The Hall–Kier alpha value is -1.82. The molecule has 0 amide bonds. The van der Waals surface area contributed by atoms with Crippen LogP contribution >= 0.6 is 0 Å². The van der Waals surface area contributed by atoms with Crippen molar-refractivity contribution in [2.24, 2.45) is 5.41 Å². The van der Waals surface area contributed by atoms with Gasteiger partial charge in [0.2, 0.25) is 0 Å². The van der Waals surface area contributed by atoms with Gasteiger partial charge in [0.15, 0.2) is 0 Å². The van der Waals surface area contributed by atoms with Crippen molar-refractivity contribution < 1.29 is 19.8 Å². The summed E-state index contributed by atoms with van der Waals surface area (Å²) in [6, 6.07) is 21.7. The zero-order valence-corrected chi connectivity index (χ0v) is 28.7. The molecule has 226 valence electrons. The van der Waals surface area contributed by atoms with Crippen LogP contribution in [0.25, 0.3) is 0 Å². The molecule has 0 fully saturated rings. The average molecular weight is 670 g/mol. The van der Waals surface area contributed by atoms with Crippen molar-refractivity contribution in [2.75, 3.05) is 0 Å². The van der Waals surface area contributed by atoms with Gasteiger partial charge in [-0.25, -0.2) is 0 Å². The number of aliphatic carboxylic acids is 2. The SMILES string of the molecule is CCCCCCCCC(CCCCCCCC)(CCCC(=O)[O-])C(=O)[O-].c1ccc([CH2][Sn+2][CH2]c2ccccc2)cc1. The zero-order chi connectivity index (χ0) is 30.0. The van der Waals surface area contributed by atoms with E-state index in [1.165, 1.54) is 58.5 Å². The Bertz CT molecular complexity index is 845. The van der Waals surface area contributed by atoms with Crippen LogP contribution in [0.5, 0.6) is 0 Å². The van der Waals surface area contributed by atoms with Crippen molar-refractivity contribution in [3.8, 4) is 0 Å². The Morgan fingerprint density at radius 2 is 0.976 bits per heavy atom. The van der Waals surface area contributed by atoms with Crippen LogP contribution < -0.4 is 10.2 Å². The molecule has 0 unspecified atom stereocenters. The van der Waals surface area contributed by atoms with Crippen LogP contribution in [0.2, 0.25) is 0 Å². The second-order valence-corrected chi connectivity index (χ2v) is 14.8. The van der Waals surface area contributed by atoms with Crippen LogP contribution in [0.1, 0.15) is 134 Å². The third kappa shape index (κ3) is 19.1. The molecule has 5 heteroatoms. The number of carboxylic acid groups (broad SMARTS) is 2. The van der Waals surface area contributed by atoms with Gasteiger partial charge in [-0.05, 0) is 32.1 Å². The van der Waals surface area contributed by atoms with E-state index in [0.717, 1.165) is 38.5 Å². The van der Waals surface area contributed by atoms with Gasteiger partial charge in [-0.1, -0.05) is 90.9 Å². The monoisotopic (exact) mass is 670 g/mol. The Balaban J connectivity index is 0.000000468. The van der Waals surface area contributed by atoms with E-state index in [1.807, 2.05) is 0 Å². The third-order valence-electron chi connectivity index (χ3n) is 7.83. The van der Waals surface area contributed by atoms with E-state index < -0.39 is 17.4 Å². The number of carboxylic acids is 2. The summed E-state index contributed by atoms with van der Waals surface area (Å²) < 4.78 is 2.69. The molecule has 0 bridgehead atoms. The fourth-order valence-electron chi connectivity index (χ4n) is 5.28. The molecule has 0 radical (unpaired) electrons. The molecular formula is C36H54O4Sn. The molecule has 0 aliphatic rings. The Morgan fingerprint density at radius 3 is 1.37 bits per heavy atom. The number of benzene rings is 2. The van der Waals surface area contributed by atoms with Gasteiger partial charge in [-0.3, -0.25) is 0 Å². The summed E-state index contributed by atoms with van der Waals surface area (Å²) in [5, 5.41) is 22.7. The van der Waals surface area contributed by atoms with Crippen LogP contribution in [0.15, 0.2) is 60.7 Å². The van der Waals surface area contributed by atoms with E-state index in [1.54, 1.807) is 0 Å². The third-order valence-corrected chi connectivity index (χ3v) is 11.6. The predicted molar refractivity (Wildman–Crippen MR) is 168 cm³/mol. The molecule has 0 aromatic heterocycles. The summed E-state index contributed by atoms with van der Waals surface area (Å²) in [6.45, 7) is 4.36. The molecule has 0 heterocycles. The van der Waals surface area contributed by atoms with Gasteiger partial charge in [0.1, 0.15) is 0 Å². The van der Waals surface area contributed by atoms with Crippen LogP contribution in [0.4, 0.5) is 0 Å². The summed E-state index contributed by atoms with van der Waals surface area (Å²) in [6.07, 6.45) is 15.4. The summed E-state index contributed by atoms with van der Waals surface area (Å²) >= 11 is -0.258. The van der Waals surface area contributed by atoms with Crippen molar-refractivity contribution in [2.45, 2.75) is 132 Å². The molecule has 0 aliphatic carbocycles. The molecule has 2 aromatic rings. The Morgan fingerprint density at radius 1 is 0.585 bits per heavy atom. The molecule has 0 saturated heterocycles. The molecular weight excluding hydrogens is 615 g/mol. The maximum atomic E-state index is 12.0. The maximum absolute atomic E-state index is 12.0. The quantitative estimate of drug-likeness (QED) is 0.0924. The second-order valence-electron chi connectivity index (χ2n) is 11.4. The molecule has 4 nitrogen and oxygen atoms in total. The van der Waals surface area contributed by atoms with Crippen LogP contribution in [0.3, 0.4) is 0 Å². The standard InChI is InChI=1S/C22H42O4.2C7H7.Sn/c1-3-5-7-9-11-13-17-22(21(25)26,19-15-16-20(23)24)18-14-12-10-8-6-4-2;2*1-7-5-3-2-4-6-7;/h3-19H2,1-2H3,(H,23,24)(H,25,26);2*2-6H,1H2;/q;;;+2/p-2. The molecule has 0 spiro atoms. The number of carbonyl (C=O) groups excluding carboxylic acids is 2. The second kappa shape index (κ2) is 24.7. The van der Waals surface area contributed by atoms with Gasteiger partial charge in [0.05, 0.1) is 0 Å². The van der Waals surface area contributed by atoms with Crippen LogP contribution in [-0.4, -0.2) is 33.1 Å². The molecule has 2 rings (SSSR count). The number of hydrogen-bond donors (Lipinski definition) is 0. The van der Waals surface area contributed by atoms with E-state index in [0.29, 0.717) is 25.7 Å². The summed E-state index contributed by atoms with van der Waals surface area (Å²) in [5.74, 6) is -2.09. The van der Waals surface area contributed by atoms with Crippen LogP contribution in [0, 0.1) is 5.41 Å². The number of hydrogen-bond acceptors (Lipinski definition) is 4. The molecule has 41 heavy (non-hydrogen) atoms. The topological polar surface area (TPSA) is 80.3 Å². The predicted octanol–water partition coefficient (Wildman–Crippen LogP) is 7.24. The summed E-state index contributed by atoms with van der Waals surface area (Å²) in [7, 11) is 0. The molecule has 0 atom stereocenters. The Kier molecular flexibility index (Phi) is 22.5. The first-order valence-electron chi connectivity index (χ1n) is 16.1. The van der Waals surface area contributed by atoms with Crippen molar-refractivity contribution in [1.82, 2.24) is 0 Å². The zero-order valence-electron chi connectivity index (χ0n) is 25.8. The van der Waals surface area contributed by atoms with Gasteiger partial charge < -0.3 is 19.8 Å². The molecule has 0 saturated carbocycles. The first kappa shape index (κ1) is 37.2. The van der Waals surface area contributed by atoms with Gasteiger partial charge in [0, 0.05) is 17.4 Å². The number of unbranched alkanes of at least 4 members (excludes halogenated alkanes) is 10. The van der Waals surface area contributed by atoms with E-state index in [-0.39, 0.29) is 27.6 Å².